The topological polar surface area (TPSA) is 60.9 Å². The summed E-state index contributed by atoms with van der Waals surface area (Å²) in [6.07, 6.45) is 0. The molecule has 0 aliphatic carbocycles. The number of rotatable bonds is 1. The molecule has 1 N–H and O–H groups in total. The van der Waals surface area contributed by atoms with Gasteiger partial charge < -0.3 is 14.9 Å². The second kappa shape index (κ2) is 4.81. The zero-order valence-corrected chi connectivity index (χ0v) is 12.3. The van der Waals surface area contributed by atoms with Crippen LogP contribution >= 0.6 is 0 Å². The number of phenols is 1. The predicted octanol–water partition coefficient (Wildman–Crippen LogP) is 1.39. The van der Waals surface area contributed by atoms with Crippen LogP contribution < -0.4 is 0 Å². The van der Waals surface area contributed by atoms with E-state index in [4.69, 9.17) is 0 Å². The van der Waals surface area contributed by atoms with Gasteiger partial charge in [-0.2, -0.15) is 0 Å². The first kappa shape index (κ1) is 14.4. The average molecular weight is 276 g/mol. The Bertz CT molecular complexity index is 566. The predicted molar refractivity (Wildman–Crippen MR) is 75.6 cm³/mol. The molecule has 1 aromatic rings. The van der Waals surface area contributed by atoms with Crippen molar-refractivity contribution in [2.75, 3.05) is 20.1 Å². The Kier molecular flexibility index (Phi) is 3.46. The minimum absolute atomic E-state index is 0.0142. The van der Waals surface area contributed by atoms with Crippen molar-refractivity contribution >= 4 is 11.8 Å². The number of nitrogens with zero attached hydrogens (tertiary/aromatic N) is 2. The van der Waals surface area contributed by atoms with Crippen LogP contribution in [-0.4, -0.2) is 52.4 Å². The Morgan fingerprint density at radius 3 is 2.60 bits per heavy atom. The Balaban J connectivity index is 2.38. The van der Waals surface area contributed by atoms with Crippen molar-refractivity contribution in [1.29, 1.82) is 0 Å². The molecule has 5 heteroatoms. The largest absolute Gasteiger partial charge is 0.507 e. The summed E-state index contributed by atoms with van der Waals surface area (Å²) in [4.78, 5) is 28.0. The number of amides is 2. The van der Waals surface area contributed by atoms with Crippen LogP contribution in [0.5, 0.6) is 5.75 Å². The van der Waals surface area contributed by atoms with Crippen LogP contribution in [0, 0.1) is 6.92 Å². The summed E-state index contributed by atoms with van der Waals surface area (Å²) in [7, 11) is 1.73. The Hall–Kier alpha value is -2.04. The van der Waals surface area contributed by atoms with E-state index < -0.39 is 5.54 Å². The lowest BCUT2D eigenvalue weighted by Crippen LogP contribution is -2.63. The number of aromatic hydroxyl groups is 1. The smallest absolute Gasteiger partial charge is 0.258 e. The first-order valence-electron chi connectivity index (χ1n) is 6.63. The molecule has 0 radical (unpaired) electrons. The van der Waals surface area contributed by atoms with Crippen LogP contribution in [-0.2, 0) is 4.79 Å². The summed E-state index contributed by atoms with van der Waals surface area (Å²) in [5.74, 6) is -0.415. The van der Waals surface area contributed by atoms with E-state index in [0.29, 0.717) is 18.7 Å². The maximum absolute atomic E-state index is 12.6. The van der Waals surface area contributed by atoms with Gasteiger partial charge in [-0.25, -0.2) is 0 Å². The number of phenolic OH excluding ortho intramolecular Hbond substituents is 1. The van der Waals surface area contributed by atoms with Gasteiger partial charge in [0.05, 0.1) is 5.56 Å². The van der Waals surface area contributed by atoms with Crippen molar-refractivity contribution in [2.45, 2.75) is 26.3 Å². The van der Waals surface area contributed by atoms with Crippen molar-refractivity contribution in [3.8, 4) is 5.75 Å². The molecule has 0 spiro atoms. The van der Waals surface area contributed by atoms with Gasteiger partial charge in [0, 0.05) is 20.1 Å². The van der Waals surface area contributed by atoms with Gasteiger partial charge in [-0.05, 0) is 32.4 Å². The summed E-state index contributed by atoms with van der Waals surface area (Å²) >= 11 is 0. The summed E-state index contributed by atoms with van der Waals surface area (Å²) < 4.78 is 0. The molecule has 0 atom stereocenters. The van der Waals surface area contributed by atoms with E-state index in [1.807, 2.05) is 0 Å². The fourth-order valence-electron chi connectivity index (χ4n) is 2.55. The highest BCUT2D eigenvalue weighted by atomic mass is 16.3. The van der Waals surface area contributed by atoms with Crippen LogP contribution in [0.15, 0.2) is 18.2 Å². The number of aryl methyl sites for hydroxylation is 1. The minimum Gasteiger partial charge on any atom is -0.507 e. The molecule has 1 fully saturated rings. The molecule has 0 unspecified atom stereocenters. The van der Waals surface area contributed by atoms with Crippen LogP contribution in [0.2, 0.25) is 0 Å². The molecule has 20 heavy (non-hydrogen) atoms. The third kappa shape index (κ3) is 2.13. The molecule has 2 rings (SSSR count). The zero-order chi connectivity index (χ0) is 15.1. The minimum atomic E-state index is -0.903. The van der Waals surface area contributed by atoms with Crippen molar-refractivity contribution < 1.29 is 14.7 Å². The molecule has 0 saturated carbocycles. The van der Waals surface area contributed by atoms with Gasteiger partial charge in [-0.15, -0.1) is 0 Å². The summed E-state index contributed by atoms with van der Waals surface area (Å²) in [5, 5.41) is 10.0. The molecule has 1 heterocycles. The van der Waals surface area contributed by atoms with Crippen molar-refractivity contribution in [3.05, 3.63) is 29.3 Å². The molecule has 0 aromatic heterocycles. The lowest BCUT2D eigenvalue weighted by molar-refractivity contribution is -0.144. The van der Waals surface area contributed by atoms with E-state index in [2.05, 4.69) is 0 Å². The van der Waals surface area contributed by atoms with Crippen LogP contribution in [0.3, 0.4) is 0 Å². The van der Waals surface area contributed by atoms with E-state index in [0.717, 1.165) is 0 Å². The number of carbonyl (C=O) groups is 2. The first-order valence-corrected chi connectivity index (χ1v) is 6.63. The Labute approximate surface area is 118 Å². The highest BCUT2D eigenvalue weighted by molar-refractivity contribution is 6.01. The number of carbonyl (C=O) groups excluding carboxylic acids is 2. The van der Waals surface area contributed by atoms with E-state index in [9.17, 15) is 14.7 Å². The molecule has 1 aliphatic heterocycles. The summed E-state index contributed by atoms with van der Waals surface area (Å²) in [5.41, 5.74) is -0.00942. The molecule has 5 nitrogen and oxygen atoms in total. The maximum atomic E-state index is 12.6. The second-order valence-electron chi connectivity index (χ2n) is 5.71. The van der Waals surface area contributed by atoms with Crippen molar-refractivity contribution in [2.24, 2.45) is 0 Å². The molecule has 1 aromatic carbocycles. The summed E-state index contributed by atoms with van der Waals surface area (Å²) in [6, 6.07) is 5.06. The summed E-state index contributed by atoms with van der Waals surface area (Å²) in [6.45, 7) is 6.17. The Morgan fingerprint density at radius 2 is 1.95 bits per heavy atom. The highest BCUT2D eigenvalue weighted by Crippen LogP contribution is 2.28. The fourth-order valence-corrected chi connectivity index (χ4v) is 2.55. The van der Waals surface area contributed by atoms with Gasteiger partial charge in [0.15, 0.2) is 0 Å². The Morgan fingerprint density at radius 1 is 1.30 bits per heavy atom. The van der Waals surface area contributed by atoms with Crippen molar-refractivity contribution in [3.63, 3.8) is 0 Å². The maximum Gasteiger partial charge on any atom is 0.258 e. The normalized spacial score (nSPS) is 18.3. The molecule has 1 aliphatic rings. The molecule has 0 bridgehead atoms. The number of para-hydroxylation sites is 1. The van der Waals surface area contributed by atoms with Gasteiger partial charge in [-0.3, -0.25) is 9.59 Å². The van der Waals surface area contributed by atoms with Gasteiger partial charge in [0.2, 0.25) is 5.91 Å². The SMILES string of the molecule is Cc1cccc(C(=O)N2CCN(C)C(=O)C2(C)C)c1O. The van der Waals surface area contributed by atoms with Crippen molar-refractivity contribution in [1.82, 2.24) is 9.80 Å². The average Bonchev–Trinajstić information content (AvgIpc) is 2.39. The lowest BCUT2D eigenvalue weighted by Gasteiger charge is -2.44. The van der Waals surface area contributed by atoms with E-state index >= 15 is 0 Å². The number of piperazine rings is 1. The third-order valence-electron chi connectivity index (χ3n) is 3.92. The van der Waals surface area contributed by atoms with Crippen LogP contribution in [0.1, 0.15) is 29.8 Å². The molecule has 1 saturated heterocycles. The quantitative estimate of drug-likeness (QED) is 0.843. The molecular weight excluding hydrogens is 256 g/mol. The van der Waals surface area contributed by atoms with Gasteiger partial charge >= 0.3 is 0 Å². The molecule has 108 valence electrons. The number of likely N-dealkylation sites (N-methyl/N-ethyl adjacent to an activating group) is 1. The zero-order valence-electron chi connectivity index (χ0n) is 12.3. The first-order chi connectivity index (χ1) is 9.26. The molecular formula is C15H20N2O3. The number of hydrogen-bond acceptors (Lipinski definition) is 3. The molecule has 2 amide bonds. The fraction of sp³-hybridized carbons (Fsp3) is 0.467. The monoisotopic (exact) mass is 276 g/mol. The van der Waals surface area contributed by atoms with Gasteiger partial charge in [0.1, 0.15) is 11.3 Å². The van der Waals surface area contributed by atoms with E-state index in [1.54, 1.807) is 50.9 Å². The standard InChI is InChI=1S/C15H20N2O3/c1-10-6-5-7-11(12(10)18)13(19)17-9-8-16(4)14(20)15(17,2)3/h5-7,18H,8-9H2,1-4H3. The number of benzene rings is 1. The van der Waals surface area contributed by atoms with Gasteiger partial charge in [-0.1, -0.05) is 12.1 Å². The van der Waals surface area contributed by atoms with E-state index in [1.165, 1.54) is 4.90 Å². The highest BCUT2D eigenvalue weighted by Gasteiger charge is 2.43. The van der Waals surface area contributed by atoms with Crippen LogP contribution in [0.4, 0.5) is 0 Å². The lowest BCUT2D eigenvalue weighted by atomic mass is 9.96. The van der Waals surface area contributed by atoms with Gasteiger partial charge in [0.25, 0.3) is 5.91 Å². The van der Waals surface area contributed by atoms with E-state index in [-0.39, 0.29) is 23.1 Å². The third-order valence-corrected chi connectivity index (χ3v) is 3.92. The second-order valence-corrected chi connectivity index (χ2v) is 5.71. The van der Waals surface area contributed by atoms with Crippen LogP contribution in [0.25, 0.3) is 0 Å². The number of hydrogen-bond donors (Lipinski definition) is 1.